The summed E-state index contributed by atoms with van der Waals surface area (Å²) in [4.78, 5) is 4.06. The molecule has 1 aliphatic rings. The summed E-state index contributed by atoms with van der Waals surface area (Å²) in [5, 5.41) is 0. The average molecular weight is 213 g/mol. The van der Waals surface area contributed by atoms with Crippen molar-refractivity contribution in [2.75, 3.05) is 0 Å². The lowest BCUT2D eigenvalue weighted by Gasteiger charge is -2.07. The third-order valence-corrected chi connectivity index (χ3v) is 2.50. The first kappa shape index (κ1) is 7.25. The van der Waals surface area contributed by atoms with Crippen molar-refractivity contribution in [1.29, 1.82) is 0 Å². The van der Waals surface area contributed by atoms with Gasteiger partial charge in [-0.25, -0.2) is 0 Å². The molecule has 1 fully saturated rings. The van der Waals surface area contributed by atoms with E-state index in [1.807, 2.05) is 12.3 Å². The van der Waals surface area contributed by atoms with Gasteiger partial charge in [0.2, 0.25) is 0 Å². The van der Waals surface area contributed by atoms with E-state index in [0.29, 0.717) is 0 Å². The molecule has 0 aliphatic heterocycles. The summed E-state index contributed by atoms with van der Waals surface area (Å²) in [6, 6.07) is 2.04. The first-order chi connectivity index (χ1) is 5.21. The Morgan fingerprint density at radius 2 is 2.18 bits per heavy atom. The molecule has 0 aromatic carbocycles. The minimum atomic E-state index is -0.0588. The molecule has 58 valence electrons. The fourth-order valence-corrected chi connectivity index (χ4v) is 1.47. The van der Waals surface area contributed by atoms with Gasteiger partial charge in [0.25, 0.3) is 0 Å². The van der Waals surface area contributed by atoms with E-state index in [1.165, 1.54) is 0 Å². The van der Waals surface area contributed by atoms with Crippen LogP contribution in [0, 0.1) is 0 Å². The number of halogens is 1. The Morgan fingerprint density at radius 3 is 2.73 bits per heavy atom. The maximum Gasteiger partial charge on any atom is 0.0427 e. The third kappa shape index (κ3) is 1.30. The molecule has 2 nitrogen and oxygen atoms in total. The van der Waals surface area contributed by atoms with E-state index in [4.69, 9.17) is 5.73 Å². The van der Waals surface area contributed by atoms with E-state index in [9.17, 15) is 0 Å². The molecule has 0 bridgehead atoms. The lowest BCUT2D eigenvalue weighted by atomic mass is 10.1. The molecule has 0 atom stereocenters. The highest BCUT2D eigenvalue weighted by Gasteiger charge is 2.40. The lowest BCUT2D eigenvalue weighted by molar-refractivity contribution is 0.734. The van der Waals surface area contributed by atoms with Crippen LogP contribution in [0.2, 0.25) is 0 Å². The van der Waals surface area contributed by atoms with Gasteiger partial charge in [-0.3, -0.25) is 4.98 Å². The molecule has 0 unspecified atom stereocenters. The lowest BCUT2D eigenvalue weighted by Crippen LogP contribution is -2.18. The number of nitrogens with zero attached hydrogens (tertiary/aromatic N) is 1. The highest BCUT2D eigenvalue weighted by Crippen LogP contribution is 2.42. The standard InChI is InChI=1S/C8H9BrN2/c9-7-3-6(4-11-5-7)8(10)1-2-8/h3-5H,1-2,10H2. The maximum absolute atomic E-state index is 5.98. The predicted molar refractivity (Wildman–Crippen MR) is 47.0 cm³/mol. The van der Waals surface area contributed by atoms with Crippen LogP contribution < -0.4 is 5.73 Å². The fraction of sp³-hybridized carbons (Fsp3) is 0.375. The Hall–Kier alpha value is -0.410. The van der Waals surface area contributed by atoms with Gasteiger partial charge in [-0.2, -0.15) is 0 Å². The summed E-state index contributed by atoms with van der Waals surface area (Å²) in [6.45, 7) is 0. The Balaban J connectivity index is 2.38. The molecule has 11 heavy (non-hydrogen) atoms. The Labute approximate surface area is 73.9 Å². The summed E-state index contributed by atoms with van der Waals surface area (Å²) in [5.74, 6) is 0. The number of nitrogens with two attached hydrogens (primary N) is 1. The van der Waals surface area contributed by atoms with Crippen LogP contribution in [-0.4, -0.2) is 4.98 Å². The topological polar surface area (TPSA) is 38.9 Å². The minimum Gasteiger partial charge on any atom is -0.321 e. The van der Waals surface area contributed by atoms with Gasteiger partial charge < -0.3 is 5.73 Å². The summed E-state index contributed by atoms with van der Waals surface area (Å²) in [5.41, 5.74) is 7.06. The van der Waals surface area contributed by atoms with E-state index in [0.717, 1.165) is 22.9 Å². The second kappa shape index (κ2) is 2.29. The highest BCUT2D eigenvalue weighted by molar-refractivity contribution is 9.10. The van der Waals surface area contributed by atoms with E-state index in [1.54, 1.807) is 6.20 Å². The third-order valence-electron chi connectivity index (χ3n) is 2.07. The van der Waals surface area contributed by atoms with Crippen molar-refractivity contribution in [2.45, 2.75) is 18.4 Å². The molecule has 0 saturated heterocycles. The zero-order valence-electron chi connectivity index (χ0n) is 6.05. The molecular formula is C8H9BrN2. The van der Waals surface area contributed by atoms with Gasteiger partial charge in [0.15, 0.2) is 0 Å². The first-order valence-electron chi connectivity index (χ1n) is 3.61. The van der Waals surface area contributed by atoms with E-state index < -0.39 is 0 Å². The van der Waals surface area contributed by atoms with Crippen molar-refractivity contribution in [3.63, 3.8) is 0 Å². The van der Waals surface area contributed by atoms with Crippen LogP contribution in [0.25, 0.3) is 0 Å². The zero-order valence-corrected chi connectivity index (χ0v) is 7.63. The van der Waals surface area contributed by atoms with Gasteiger partial charge in [0.1, 0.15) is 0 Å². The maximum atomic E-state index is 5.98. The number of pyridine rings is 1. The van der Waals surface area contributed by atoms with E-state index >= 15 is 0 Å². The zero-order chi connectivity index (χ0) is 7.90. The summed E-state index contributed by atoms with van der Waals surface area (Å²) in [6.07, 6.45) is 5.79. The molecule has 3 heteroatoms. The molecule has 1 saturated carbocycles. The summed E-state index contributed by atoms with van der Waals surface area (Å²) >= 11 is 3.36. The van der Waals surface area contributed by atoms with E-state index in [-0.39, 0.29) is 5.54 Å². The van der Waals surface area contributed by atoms with Gasteiger partial charge in [0, 0.05) is 22.4 Å². The van der Waals surface area contributed by atoms with Crippen molar-refractivity contribution in [3.05, 3.63) is 28.5 Å². The van der Waals surface area contributed by atoms with Crippen molar-refractivity contribution in [3.8, 4) is 0 Å². The number of rotatable bonds is 1. The molecular weight excluding hydrogens is 204 g/mol. The van der Waals surface area contributed by atoms with Gasteiger partial charge in [-0.1, -0.05) is 0 Å². The van der Waals surface area contributed by atoms with Gasteiger partial charge in [-0.15, -0.1) is 0 Å². The van der Waals surface area contributed by atoms with Crippen LogP contribution in [0.5, 0.6) is 0 Å². The predicted octanol–water partition coefficient (Wildman–Crippen LogP) is 1.79. The average Bonchev–Trinajstić information content (AvgIpc) is 2.70. The van der Waals surface area contributed by atoms with E-state index in [2.05, 4.69) is 20.9 Å². The molecule has 1 aromatic rings. The SMILES string of the molecule is NC1(c2cncc(Br)c2)CC1. The molecule has 0 spiro atoms. The fourth-order valence-electron chi connectivity index (χ4n) is 1.11. The van der Waals surface area contributed by atoms with Crippen LogP contribution in [-0.2, 0) is 5.54 Å². The number of hydrogen-bond donors (Lipinski definition) is 1. The Bertz CT molecular complexity index is 281. The quantitative estimate of drug-likeness (QED) is 0.772. The van der Waals surface area contributed by atoms with Crippen LogP contribution in [0.4, 0.5) is 0 Å². The summed E-state index contributed by atoms with van der Waals surface area (Å²) in [7, 11) is 0. The molecule has 0 amide bonds. The van der Waals surface area contributed by atoms with Crippen LogP contribution in [0.3, 0.4) is 0 Å². The van der Waals surface area contributed by atoms with Crippen molar-refractivity contribution < 1.29 is 0 Å². The van der Waals surface area contributed by atoms with Gasteiger partial charge in [-0.05, 0) is 40.4 Å². The first-order valence-corrected chi connectivity index (χ1v) is 4.40. The van der Waals surface area contributed by atoms with Crippen molar-refractivity contribution >= 4 is 15.9 Å². The monoisotopic (exact) mass is 212 g/mol. The van der Waals surface area contributed by atoms with Crippen molar-refractivity contribution in [1.82, 2.24) is 4.98 Å². The van der Waals surface area contributed by atoms with Gasteiger partial charge in [0.05, 0.1) is 0 Å². The van der Waals surface area contributed by atoms with Crippen LogP contribution in [0.1, 0.15) is 18.4 Å². The molecule has 2 N–H and O–H groups in total. The van der Waals surface area contributed by atoms with Crippen molar-refractivity contribution in [2.24, 2.45) is 5.73 Å². The molecule has 1 aliphatic carbocycles. The molecule has 1 aromatic heterocycles. The molecule has 0 radical (unpaired) electrons. The second-order valence-electron chi connectivity index (χ2n) is 3.05. The molecule has 2 rings (SSSR count). The van der Waals surface area contributed by atoms with Crippen LogP contribution in [0.15, 0.2) is 22.9 Å². The minimum absolute atomic E-state index is 0.0588. The highest BCUT2D eigenvalue weighted by atomic mass is 79.9. The smallest absolute Gasteiger partial charge is 0.0427 e. The largest absolute Gasteiger partial charge is 0.321 e. The summed E-state index contributed by atoms with van der Waals surface area (Å²) < 4.78 is 1.01. The Morgan fingerprint density at radius 1 is 1.45 bits per heavy atom. The Kier molecular flexibility index (Phi) is 1.51. The second-order valence-corrected chi connectivity index (χ2v) is 3.96. The molecule has 1 heterocycles. The number of aromatic nitrogens is 1. The van der Waals surface area contributed by atoms with Gasteiger partial charge >= 0.3 is 0 Å². The normalized spacial score (nSPS) is 19.8. The van der Waals surface area contributed by atoms with Crippen LogP contribution >= 0.6 is 15.9 Å². The number of hydrogen-bond acceptors (Lipinski definition) is 2.